The fraction of sp³-hybridized carbons (Fsp3) is 0.571. The van der Waals surface area contributed by atoms with Crippen LogP contribution in [0.1, 0.15) is 38.7 Å². The Bertz CT molecular complexity index is 369. The van der Waals surface area contributed by atoms with Gasteiger partial charge in [-0.3, -0.25) is 0 Å². The molecule has 16 heavy (non-hydrogen) atoms. The van der Waals surface area contributed by atoms with E-state index >= 15 is 0 Å². The molecule has 0 heterocycles. The number of benzene rings is 1. The summed E-state index contributed by atoms with van der Waals surface area (Å²) in [6, 6.07) is 8.48. The Hall–Kier alpha value is -0.0900. The van der Waals surface area contributed by atoms with Gasteiger partial charge in [-0.05, 0) is 65.0 Å². The van der Waals surface area contributed by atoms with Gasteiger partial charge >= 0.3 is 0 Å². The van der Waals surface area contributed by atoms with Crippen molar-refractivity contribution in [2.75, 3.05) is 0 Å². The smallest absolute Gasteiger partial charge is 0.0693 e. The van der Waals surface area contributed by atoms with Crippen LogP contribution in [0.2, 0.25) is 0 Å². The predicted molar refractivity (Wildman–Crippen MR) is 75.4 cm³/mol. The van der Waals surface area contributed by atoms with Crippen molar-refractivity contribution in [3.8, 4) is 0 Å². The van der Waals surface area contributed by atoms with Crippen molar-refractivity contribution < 1.29 is 5.11 Å². The lowest BCUT2D eigenvalue weighted by Gasteiger charge is -2.25. The lowest BCUT2D eigenvalue weighted by Crippen LogP contribution is -2.29. The second kappa shape index (κ2) is 4.30. The minimum absolute atomic E-state index is 0.304. The largest absolute Gasteiger partial charge is 0.390 e. The van der Waals surface area contributed by atoms with Crippen molar-refractivity contribution in [2.45, 2.75) is 45.1 Å². The second-order valence-electron chi connectivity index (χ2n) is 5.87. The van der Waals surface area contributed by atoms with Gasteiger partial charge < -0.3 is 5.11 Å². The van der Waals surface area contributed by atoms with Crippen molar-refractivity contribution in [1.82, 2.24) is 0 Å². The van der Waals surface area contributed by atoms with Crippen molar-refractivity contribution >= 4 is 22.6 Å². The van der Waals surface area contributed by atoms with Crippen LogP contribution in [-0.2, 0) is 6.42 Å². The fourth-order valence-corrected chi connectivity index (χ4v) is 3.13. The average molecular weight is 330 g/mol. The van der Waals surface area contributed by atoms with Crippen LogP contribution in [0, 0.1) is 8.99 Å². The van der Waals surface area contributed by atoms with Gasteiger partial charge in [-0.1, -0.05) is 26.0 Å². The number of aliphatic hydroxyl groups is 1. The van der Waals surface area contributed by atoms with Crippen LogP contribution in [-0.4, -0.2) is 10.7 Å². The highest BCUT2D eigenvalue weighted by Gasteiger charge is 2.41. The second-order valence-corrected chi connectivity index (χ2v) is 7.11. The zero-order chi connectivity index (χ0) is 11.8. The standard InChI is InChI=1S/C14H19IO/c1-13(2)7-8-14(16,10-13)9-11-3-5-12(15)6-4-11/h3-6,16H,7-10H2,1-2H3. The van der Waals surface area contributed by atoms with Gasteiger partial charge in [0.25, 0.3) is 0 Å². The summed E-state index contributed by atoms with van der Waals surface area (Å²) in [7, 11) is 0. The Kier molecular flexibility index (Phi) is 3.32. The van der Waals surface area contributed by atoms with Crippen LogP contribution in [0.5, 0.6) is 0 Å². The van der Waals surface area contributed by atoms with E-state index in [4.69, 9.17) is 0 Å². The Morgan fingerprint density at radius 3 is 2.31 bits per heavy atom. The van der Waals surface area contributed by atoms with Crippen molar-refractivity contribution in [1.29, 1.82) is 0 Å². The molecule has 1 nitrogen and oxygen atoms in total. The molecular formula is C14H19IO. The molecule has 1 aliphatic carbocycles. The van der Waals surface area contributed by atoms with Gasteiger partial charge in [0.2, 0.25) is 0 Å². The van der Waals surface area contributed by atoms with E-state index in [-0.39, 0.29) is 0 Å². The van der Waals surface area contributed by atoms with Gasteiger partial charge in [0.15, 0.2) is 0 Å². The monoisotopic (exact) mass is 330 g/mol. The summed E-state index contributed by atoms with van der Waals surface area (Å²) in [6.45, 7) is 4.50. The molecule has 1 N–H and O–H groups in total. The molecule has 1 fully saturated rings. The minimum Gasteiger partial charge on any atom is -0.390 e. The van der Waals surface area contributed by atoms with Gasteiger partial charge in [-0.15, -0.1) is 0 Å². The lowest BCUT2D eigenvalue weighted by atomic mass is 9.86. The van der Waals surface area contributed by atoms with Crippen LogP contribution >= 0.6 is 22.6 Å². The van der Waals surface area contributed by atoms with Gasteiger partial charge in [0.05, 0.1) is 5.60 Å². The molecule has 2 heteroatoms. The Balaban J connectivity index is 2.07. The molecule has 0 aromatic heterocycles. The Labute approximate surface area is 111 Å². The van der Waals surface area contributed by atoms with E-state index in [1.807, 2.05) is 0 Å². The maximum absolute atomic E-state index is 10.5. The molecule has 1 aliphatic rings. The predicted octanol–water partition coefficient (Wildman–Crippen LogP) is 3.77. The molecule has 1 unspecified atom stereocenters. The van der Waals surface area contributed by atoms with Crippen LogP contribution in [0.4, 0.5) is 0 Å². The van der Waals surface area contributed by atoms with Crippen molar-refractivity contribution in [3.63, 3.8) is 0 Å². The van der Waals surface area contributed by atoms with Crippen LogP contribution < -0.4 is 0 Å². The number of hydrogen-bond donors (Lipinski definition) is 1. The van der Waals surface area contributed by atoms with Gasteiger partial charge in [-0.25, -0.2) is 0 Å². The van der Waals surface area contributed by atoms with Gasteiger partial charge in [-0.2, -0.15) is 0 Å². The zero-order valence-electron chi connectivity index (χ0n) is 9.96. The maximum Gasteiger partial charge on any atom is 0.0693 e. The van der Waals surface area contributed by atoms with Crippen molar-refractivity contribution in [2.24, 2.45) is 5.41 Å². The highest BCUT2D eigenvalue weighted by atomic mass is 127. The van der Waals surface area contributed by atoms with Crippen LogP contribution in [0.25, 0.3) is 0 Å². The van der Waals surface area contributed by atoms with Gasteiger partial charge in [0.1, 0.15) is 0 Å². The first kappa shape index (κ1) is 12.4. The summed E-state index contributed by atoms with van der Waals surface area (Å²) in [5.41, 5.74) is 1.08. The minimum atomic E-state index is -0.476. The molecular weight excluding hydrogens is 311 g/mol. The summed E-state index contributed by atoms with van der Waals surface area (Å²) in [5, 5.41) is 10.5. The average Bonchev–Trinajstić information content (AvgIpc) is 2.45. The molecule has 2 rings (SSSR count). The van der Waals surface area contributed by atoms with E-state index in [1.165, 1.54) is 9.13 Å². The molecule has 1 atom stereocenters. The molecule has 0 saturated heterocycles. The molecule has 0 amide bonds. The van der Waals surface area contributed by atoms with Crippen LogP contribution in [0.15, 0.2) is 24.3 Å². The maximum atomic E-state index is 10.5. The number of hydrogen-bond acceptors (Lipinski definition) is 1. The third-order valence-electron chi connectivity index (χ3n) is 3.52. The van der Waals surface area contributed by atoms with E-state index in [9.17, 15) is 5.11 Å². The highest BCUT2D eigenvalue weighted by molar-refractivity contribution is 14.1. The number of rotatable bonds is 2. The third-order valence-corrected chi connectivity index (χ3v) is 4.24. The zero-order valence-corrected chi connectivity index (χ0v) is 12.1. The SMILES string of the molecule is CC1(C)CCC(O)(Cc2ccc(I)cc2)C1. The first-order valence-corrected chi connectivity index (χ1v) is 6.93. The topological polar surface area (TPSA) is 20.2 Å². The van der Waals surface area contributed by atoms with E-state index in [0.29, 0.717) is 5.41 Å². The first-order valence-electron chi connectivity index (χ1n) is 5.86. The van der Waals surface area contributed by atoms with E-state index in [2.05, 4.69) is 60.7 Å². The summed E-state index contributed by atoms with van der Waals surface area (Å²) in [4.78, 5) is 0. The van der Waals surface area contributed by atoms with Gasteiger partial charge in [0, 0.05) is 9.99 Å². The summed E-state index contributed by atoms with van der Waals surface area (Å²) in [5.74, 6) is 0. The third kappa shape index (κ3) is 2.98. The summed E-state index contributed by atoms with van der Waals surface area (Å²) >= 11 is 2.31. The van der Waals surface area contributed by atoms with Crippen LogP contribution in [0.3, 0.4) is 0 Å². The Morgan fingerprint density at radius 2 is 1.81 bits per heavy atom. The number of halogens is 1. The molecule has 0 aliphatic heterocycles. The van der Waals surface area contributed by atoms with E-state index in [0.717, 1.165) is 25.7 Å². The fourth-order valence-electron chi connectivity index (χ4n) is 2.77. The van der Waals surface area contributed by atoms with Crippen molar-refractivity contribution in [3.05, 3.63) is 33.4 Å². The molecule has 0 radical (unpaired) electrons. The van der Waals surface area contributed by atoms with E-state index in [1.54, 1.807) is 0 Å². The highest BCUT2D eigenvalue weighted by Crippen LogP contribution is 2.44. The molecule has 88 valence electrons. The molecule has 0 spiro atoms. The normalized spacial score (nSPS) is 28.2. The molecule has 1 aromatic rings. The van der Waals surface area contributed by atoms with E-state index < -0.39 is 5.60 Å². The molecule has 0 bridgehead atoms. The summed E-state index contributed by atoms with van der Waals surface area (Å²) in [6.07, 6.45) is 3.79. The quantitative estimate of drug-likeness (QED) is 0.819. The molecule has 1 aromatic carbocycles. The lowest BCUT2D eigenvalue weighted by molar-refractivity contribution is 0.0379. The summed E-state index contributed by atoms with van der Waals surface area (Å²) < 4.78 is 1.25. The first-order chi connectivity index (χ1) is 7.39. The molecule has 1 saturated carbocycles. The Morgan fingerprint density at radius 1 is 1.19 bits per heavy atom.